The van der Waals surface area contributed by atoms with E-state index in [1.807, 2.05) is 42.5 Å². The van der Waals surface area contributed by atoms with Gasteiger partial charge in [0.15, 0.2) is 10.6 Å². The van der Waals surface area contributed by atoms with Crippen LogP contribution >= 0.6 is 11.3 Å². The molecule has 7 heteroatoms. The smallest absolute Gasteiger partial charge is 0.193 e. The highest BCUT2D eigenvalue weighted by atomic mass is 32.1. The molecular weight excluding hydrogens is 412 g/mol. The lowest BCUT2D eigenvalue weighted by Gasteiger charge is -2.06. The summed E-state index contributed by atoms with van der Waals surface area (Å²) < 4.78 is 17.5. The van der Waals surface area contributed by atoms with Crippen LogP contribution in [0.15, 0.2) is 75.9 Å². The van der Waals surface area contributed by atoms with Gasteiger partial charge in [-0.3, -0.25) is 4.79 Å². The van der Waals surface area contributed by atoms with Crippen LogP contribution in [0.2, 0.25) is 0 Å². The van der Waals surface area contributed by atoms with E-state index in [0.29, 0.717) is 22.5 Å². The van der Waals surface area contributed by atoms with Gasteiger partial charge in [0.2, 0.25) is 0 Å². The van der Waals surface area contributed by atoms with Crippen molar-refractivity contribution in [3.8, 4) is 22.8 Å². The molecule has 1 N–H and O–H groups in total. The van der Waals surface area contributed by atoms with Crippen LogP contribution in [0.5, 0.6) is 11.5 Å². The number of aromatic nitrogens is 1. The molecule has 154 valence electrons. The number of nitrogens with zero attached hydrogens (tertiary/aromatic N) is 1. The van der Waals surface area contributed by atoms with Gasteiger partial charge < -0.3 is 19.2 Å². The second-order valence-corrected chi connectivity index (χ2v) is 7.92. The number of nitrogens with one attached hydrogen (secondary N) is 1. The van der Waals surface area contributed by atoms with Crippen LogP contribution in [0.1, 0.15) is 0 Å². The van der Waals surface area contributed by atoms with Gasteiger partial charge in [-0.25, -0.2) is 4.98 Å². The summed E-state index contributed by atoms with van der Waals surface area (Å²) >= 11 is 1.56. The van der Waals surface area contributed by atoms with E-state index < -0.39 is 0 Å². The molecule has 0 aliphatic heterocycles. The largest absolute Gasteiger partial charge is 0.497 e. The predicted octanol–water partition coefficient (Wildman–Crippen LogP) is 5.83. The third-order valence-electron chi connectivity index (χ3n) is 4.95. The monoisotopic (exact) mass is 430 g/mol. The van der Waals surface area contributed by atoms with Gasteiger partial charge in [-0.1, -0.05) is 11.3 Å². The number of rotatable bonds is 5. The van der Waals surface area contributed by atoms with Crippen molar-refractivity contribution in [2.45, 2.75) is 0 Å². The lowest BCUT2D eigenvalue weighted by Crippen LogP contribution is -2.00. The Hall–Kier alpha value is -3.84. The fourth-order valence-corrected chi connectivity index (χ4v) is 4.25. The number of hydrogen-bond donors (Lipinski definition) is 1. The van der Waals surface area contributed by atoms with Gasteiger partial charge in [0, 0.05) is 17.3 Å². The Labute approximate surface area is 181 Å². The standard InChI is InChI=1S/C24H18N2O4S/c1-28-16-8-10-21-18(11-16)20(27)13-22(30-21)14-3-5-15(6-4-14)25-24-26-19-9-7-17(29-2)12-23(19)31-24/h3-13H,1-2H3,(H,25,26). The van der Waals surface area contributed by atoms with Gasteiger partial charge in [-0.05, 0) is 60.7 Å². The molecule has 0 aliphatic carbocycles. The van der Waals surface area contributed by atoms with Crippen molar-refractivity contribution >= 4 is 43.3 Å². The van der Waals surface area contributed by atoms with Gasteiger partial charge in [0.05, 0.1) is 29.8 Å². The lowest BCUT2D eigenvalue weighted by molar-refractivity contribution is 0.415. The molecule has 0 atom stereocenters. The molecular formula is C24H18N2O4S. The van der Waals surface area contributed by atoms with Crippen molar-refractivity contribution in [3.05, 3.63) is 77.0 Å². The Morgan fingerprint density at radius 2 is 1.65 bits per heavy atom. The third-order valence-corrected chi connectivity index (χ3v) is 5.88. The Morgan fingerprint density at radius 1 is 0.903 bits per heavy atom. The number of hydrogen-bond acceptors (Lipinski definition) is 7. The highest BCUT2D eigenvalue weighted by Gasteiger charge is 2.09. The Morgan fingerprint density at radius 3 is 2.42 bits per heavy atom. The summed E-state index contributed by atoms with van der Waals surface area (Å²) in [5.41, 5.74) is 3.04. The molecule has 5 aromatic rings. The maximum atomic E-state index is 12.5. The number of thiazole rings is 1. The number of anilines is 2. The van der Waals surface area contributed by atoms with Crippen molar-refractivity contribution in [3.63, 3.8) is 0 Å². The Balaban J connectivity index is 1.41. The normalized spacial score (nSPS) is 11.0. The molecule has 6 nitrogen and oxygen atoms in total. The zero-order valence-electron chi connectivity index (χ0n) is 16.8. The molecule has 2 heterocycles. The van der Waals surface area contributed by atoms with E-state index in [1.54, 1.807) is 43.8 Å². The topological polar surface area (TPSA) is 73.6 Å². The van der Waals surface area contributed by atoms with Gasteiger partial charge in [0.25, 0.3) is 0 Å². The summed E-state index contributed by atoms with van der Waals surface area (Å²) in [5.74, 6) is 1.94. The third kappa shape index (κ3) is 3.71. The minimum atomic E-state index is -0.109. The van der Waals surface area contributed by atoms with Crippen LogP contribution in [0, 0.1) is 0 Å². The van der Waals surface area contributed by atoms with E-state index in [4.69, 9.17) is 13.9 Å². The molecule has 2 aromatic heterocycles. The molecule has 31 heavy (non-hydrogen) atoms. The van der Waals surface area contributed by atoms with Crippen molar-refractivity contribution in [2.24, 2.45) is 0 Å². The summed E-state index contributed by atoms with van der Waals surface area (Å²) in [5, 5.41) is 4.61. The average Bonchev–Trinajstić information content (AvgIpc) is 3.20. The zero-order valence-corrected chi connectivity index (χ0v) is 17.7. The van der Waals surface area contributed by atoms with Gasteiger partial charge >= 0.3 is 0 Å². The first-order valence-corrected chi connectivity index (χ1v) is 10.4. The molecule has 0 aliphatic rings. The fraction of sp³-hybridized carbons (Fsp3) is 0.0833. The second-order valence-electron chi connectivity index (χ2n) is 6.89. The van der Waals surface area contributed by atoms with Crippen LogP contribution in [-0.4, -0.2) is 19.2 Å². The maximum absolute atomic E-state index is 12.5. The molecule has 0 radical (unpaired) electrons. The Kier molecular flexibility index (Phi) is 4.80. The van der Waals surface area contributed by atoms with Crippen LogP contribution in [0.4, 0.5) is 10.8 Å². The zero-order chi connectivity index (χ0) is 21.4. The number of methoxy groups -OCH3 is 2. The van der Waals surface area contributed by atoms with E-state index in [9.17, 15) is 4.79 Å². The molecule has 0 saturated carbocycles. The van der Waals surface area contributed by atoms with Gasteiger partial charge in [-0.15, -0.1) is 0 Å². The summed E-state index contributed by atoms with van der Waals surface area (Å²) in [6.07, 6.45) is 0. The summed E-state index contributed by atoms with van der Waals surface area (Å²) in [6, 6.07) is 20.2. The lowest BCUT2D eigenvalue weighted by atomic mass is 10.1. The Bertz CT molecular complexity index is 1450. The molecule has 0 saturated heterocycles. The maximum Gasteiger partial charge on any atom is 0.193 e. The summed E-state index contributed by atoms with van der Waals surface area (Å²) in [6.45, 7) is 0. The van der Waals surface area contributed by atoms with E-state index in [0.717, 1.165) is 32.3 Å². The SMILES string of the molecule is COc1ccc2nc(Nc3ccc(-c4cc(=O)c5cc(OC)ccc5o4)cc3)sc2c1. The van der Waals surface area contributed by atoms with E-state index >= 15 is 0 Å². The number of fused-ring (bicyclic) bond motifs is 2. The first-order valence-electron chi connectivity index (χ1n) is 9.57. The van der Waals surface area contributed by atoms with Crippen LogP contribution in [0.3, 0.4) is 0 Å². The summed E-state index contributed by atoms with van der Waals surface area (Å²) in [4.78, 5) is 17.1. The fourth-order valence-electron chi connectivity index (χ4n) is 3.33. The van der Waals surface area contributed by atoms with Crippen LogP contribution in [0.25, 0.3) is 32.5 Å². The quantitative estimate of drug-likeness (QED) is 0.378. The van der Waals surface area contributed by atoms with Gasteiger partial charge in [0.1, 0.15) is 22.8 Å². The van der Waals surface area contributed by atoms with Gasteiger partial charge in [-0.2, -0.15) is 0 Å². The molecule has 0 fully saturated rings. The number of benzene rings is 3. The molecule has 5 rings (SSSR count). The van der Waals surface area contributed by atoms with E-state index in [-0.39, 0.29) is 5.43 Å². The average molecular weight is 430 g/mol. The summed E-state index contributed by atoms with van der Waals surface area (Å²) in [7, 11) is 3.22. The van der Waals surface area contributed by atoms with E-state index in [1.165, 1.54) is 6.07 Å². The molecule has 0 amide bonds. The van der Waals surface area contributed by atoms with Crippen molar-refractivity contribution in [2.75, 3.05) is 19.5 Å². The molecule has 3 aromatic carbocycles. The van der Waals surface area contributed by atoms with E-state index in [2.05, 4.69) is 10.3 Å². The molecule has 0 spiro atoms. The highest BCUT2D eigenvalue weighted by Crippen LogP contribution is 2.32. The highest BCUT2D eigenvalue weighted by molar-refractivity contribution is 7.22. The number of ether oxygens (including phenoxy) is 2. The first kappa shape index (κ1) is 19.1. The van der Waals surface area contributed by atoms with Crippen molar-refractivity contribution in [1.29, 1.82) is 0 Å². The van der Waals surface area contributed by atoms with Crippen LogP contribution < -0.4 is 20.2 Å². The first-order chi connectivity index (χ1) is 15.1. The van der Waals surface area contributed by atoms with Crippen molar-refractivity contribution < 1.29 is 13.9 Å². The molecule has 0 bridgehead atoms. The minimum absolute atomic E-state index is 0.109. The predicted molar refractivity (Wildman–Crippen MR) is 124 cm³/mol. The second kappa shape index (κ2) is 7.77. The van der Waals surface area contributed by atoms with Crippen LogP contribution in [-0.2, 0) is 0 Å². The minimum Gasteiger partial charge on any atom is -0.497 e. The molecule has 0 unspecified atom stereocenters. The van der Waals surface area contributed by atoms with Crippen molar-refractivity contribution in [1.82, 2.24) is 4.98 Å².